The Balaban J connectivity index is 1.62. The third-order valence-electron chi connectivity index (χ3n) is 4.50. The van der Waals surface area contributed by atoms with Crippen molar-refractivity contribution in [3.8, 4) is 0 Å². The number of rotatable bonds is 4. The van der Waals surface area contributed by atoms with Gasteiger partial charge in [-0.15, -0.1) is 11.3 Å². The number of thiazole rings is 1. The van der Waals surface area contributed by atoms with Crippen LogP contribution < -0.4 is 5.32 Å². The van der Waals surface area contributed by atoms with Crippen LogP contribution in [0.3, 0.4) is 0 Å². The van der Waals surface area contributed by atoms with Crippen LogP contribution in [0.2, 0.25) is 0 Å². The smallest absolute Gasteiger partial charge is 0.318 e. The number of carbonyl (C=O) groups excluding carboxylic acids is 1. The Morgan fingerprint density at radius 2 is 2.29 bits per heavy atom. The van der Waals surface area contributed by atoms with E-state index in [0.29, 0.717) is 12.0 Å². The average molecular weight is 308 g/mol. The Morgan fingerprint density at radius 1 is 1.48 bits per heavy atom. The van der Waals surface area contributed by atoms with Crippen LogP contribution in [0, 0.1) is 5.92 Å². The van der Waals surface area contributed by atoms with E-state index in [1.165, 1.54) is 19.3 Å². The minimum atomic E-state index is 0.0775. The number of urea groups is 1. The number of likely N-dealkylation sites (tertiary alicyclic amines) is 1. The van der Waals surface area contributed by atoms with E-state index in [2.05, 4.69) is 29.3 Å². The molecule has 1 aromatic heterocycles. The van der Waals surface area contributed by atoms with E-state index in [-0.39, 0.29) is 12.1 Å². The van der Waals surface area contributed by atoms with Crippen LogP contribution in [-0.2, 0) is 0 Å². The van der Waals surface area contributed by atoms with Crippen LogP contribution in [0.15, 0.2) is 11.6 Å². The minimum absolute atomic E-state index is 0.0775. The Labute approximate surface area is 130 Å². The van der Waals surface area contributed by atoms with E-state index in [9.17, 15) is 4.79 Å². The first-order chi connectivity index (χ1) is 10.1. The normalized spacial score (nSPS) is 24.1. The summed E-state index contributed by atoms with van der Waals surface area (Å²) in [5, 5.41) is 6.26. The number of likely N-dealkylation sites (N-methyl/N-ethyl adjacent to an activating group) is 1. The van der Waals surface area contributed by atoms with E-state index < -0.39 is 0 Å². The van der Waals surface area contributed by atoms with Crippen LogP contribution in [0.5, 0.6) is 0 Å². The zero-order valence-electron chi connectivity index (χ0n) is 12.8. The second-order valence-corrected chi connectivity index (χ2v) is 7.27. The van der Waals surface area contributed by atoms with Gasteiger partial charge in [0.15, 0.2) is 0 Å². The maximum Gasteiger partial charge on any atom is 0.318 e. The quantitative estimate of drug-likeness (QED) is 0.929. The molecule has 2 aliphatic rings. The summed E-state index contributed by atoms with van der Waals surface area (Å²) in [7, 11) is 4.18. The second-order valence-electron chi connectivity index (χ2n) is 6.34. The average Bonchev–Trinajstić information content (AvgIpc) is 3.18. The largest absolute Gasteiger partial charge is 0.328 e. The molecule has 2 heterocycles. The molecule has 5 nitrogen and oxygen atoms in total. The van der Waals surface area contributed by atoms with Crippen LogP contribution in [0.25, 0.3) is 0 Å². The molecule has 0 bridgehead atoms. The van der Waals surface area contributed by atoms with E-state index in [4.69, 9.17) is 0 Å². The molecule has 0 radical (unpaired) electrons. The molecule has 1 aromatic rings. The van der Waals surface area contributed by atoms with Crippen molar-refractivity contribution < 1.29 is 4.79 Å². The first-order valence-corrected chi connectivity index (χ1v) is 8.64. The maximum atomic E-state index is 12.6. The molecular weight excluding hydrogens is 284 g/mol. The number of hydrogen-bond donors (Lipinski definition) is 1. The highest BCUT2D eigenvalue weighted by Gasteiger charge is 2.36. The van der Waals surface area contributed by atoms with Gasteiger partial charge in [-0.05, 0) is 45.7 Å². The molecular formula is C15H24N4OS. The van der Waals surface area contributed by atoms with Crippen molar-refractivity contribution in [2.75, 3.05) is 27.2 Å². The van der Waals surface area contributed by atoms with Gasteiger partial charge in [-0.25, -0.2) is 9.78 Å². The van der Waals surface area contributed by atoms with Gasteiger partial charge >= 0.3 is 6.03 Å². The standard InChI is InChI=1S/C15H24N4OS/c1-18(2)12-4-3-8-19(10-12)15(20)17-13(11-5-6-11)14-16-7-9-21-14/h7,9,11-13H,3-6,8,10H2,1-2H3,(H,17,20)/t12-,13+/m1/s1. The molecule has 0 unspecified atom stereocenters. The molecule has 1 aliphatic heterocycles. The Bertz CT molecular complexity index is 472. The highest BCUT2D eigenvalue weighted by molar-refractivity contribution is 7.09. The van der Waals surface area contributed by atoms with Gasteiger partial charge in [0.05, 0.1) is 6.04 Å². The predicted octanol–water partition coefficient (Wildman–Crippen LogP) is 2.33. The van der Waals surface area contributed by atoms with E-state index in [1.807, 2.05) is 16.5 Å². The molecule has 1 saturated heterocycles. The molecule has 1 saturated carbocycles. The van der Waals surface area contributed by atoms with E-state index in [0.717, 1.165) is 24.5 Å². The van der Waals surface area contributed by atoms with Crippen molar-refractivity contribution in [1.29, 1.82) is 0 Å². The summed E-state index contributed by atoms with van der Waals surface area (Å²) in [5.74, 6) is 0.578. The molecule has 116 valence electrons. The lowest BCUT2D eigenvalue weighted by atomic mass is 10.1. The lowest BCUT2D eigenvalue weighted by Crippen LogP contribution is -2.51. The minimum Gasteiger partial charge on any atom is -0.328 e. The Hall–Kier alpha value is -1.14. The van der Waals surface area contributed by atoms with Gasteiger partial charge in [0.1, 0.15) is 5.01 Å². The van der Waals surface area contributed by atoms with E-state index in [1.54, 1.807) is 11.3 Å². The topological polar surface area (TPSA) is 48.5 Å². The van der Waals surface area contributed by atoms with Gasteiger partial charge in [-0.1, -0.05) is 0 Å². The summed E-state index contributed by atoms with van der Waals surface area (Å²) in [5.41, 5.74) is 0. The van der Waals surface area contributed by atoms with Crippen molar-refractivity contribution in [3.05, 3.63) is 16.6 Å². The summed E-state index contributed by atoms with van der Waals surface area (Å²) in [4.78, 5) is 21.2. The van der Waals surface area contributed by atoms with Crippen LogP contribution in [-0.4, -0.2) is 54.0 Å². The number of nitrogens with one attached hydrogen (secondary N) is 1. The zero-order valence-corrected chi connectivity index (χ0v) is 13.6. The van der Waals surface area contributed by atoms with Crippen molar-refractivity contribution in [1.82, 2.24) is 20.1 Å². The fourth-order valence-corrected chi connectivity index (χ4v) is 3.76. The number of nitrogens with zero attached hydrogens (tertiary/aromatic N) is 3. The second kappa shape index (κ2) is 6.32. The molecule has 6 heteroatoms. The molecule has 0 aromatic carbocycles. The van der Waals surface area contributed by atoms with Gasteiger partial charge in [0.2, 0.25) is 0 Å². The van der Waals surface area contributed by atoms with Gasteiger partial charge in [-0.3, -0.25) is 0 Å². The number of piperidine rings is 1. The fourth-order valence-electron chi connectivity index (χ4n) is 2.98. The molecule has 2 fully saturated rings. The van der Waals surface area contributed by atoms with Crippen LogP contribution in [0.1, 0.15) is 36.7 Å². The van der Waals surface area contributed by atoms with Gasteiger partial charge < -0.3 is 15.1 Å². The predicted molar refractivity (Wildman–Crippen MR) is 84.4 cm³/mol. The number of carbonyl (C=O) groups is 1. The Morgan fingerprint density at radius 3 is 2.90 bits per heavy atom. The summed E-state index contributed by atoms with van der Waals surface area (Å²) in [6, 6.07) is 0.662. The molecule has 3 rings (SSSR count). The SMILES string of the molecule is CN(C)[C@@H]1CCCN(C(=O)N[C@H](c2nccs2)C2CC2)C1. The van der Waals surface area contributed by atoms with Crippen molar-refractivity contribution in [2.45, 2.75) is 37.8 Å². The lowest BCUT2D eigenvalue weighted by Gasteiger charge is -2.36. The molecule has 21 heavy (non-hydrogen) atoms. The summed E-state index contributed by atoms with van der Waals surface area (Å²) in [6.07, 6.45) is 6.48. The first-order valence-electron chi connectivity index (χ1n) is 7.76. The van der Waals surface area contributed by atoms with Crippen LogP contribution in [0.4, 0.5) is 4.79 Å². The molecule has 0 spiro atoms. The number of hydrogen-bond acceptors (Lipinski definition) is 4. The number of amides is 2. The van der Waals surface area contributed by atoms with Gasteiger partial charge in [0.25, 0.3) is 0 Å². The summed E-state index contributed by atoms with van der Waals surface area (Å²) >= 11 is 1.64. The maximum absolute atomic E-state index is 12.6. The third-order valence-corrected chi connectivity index (χ3v) is 5.36. The highest BCUT2D eigenvalue weighted by Crippen LogP contribution is 2.41. The van der Waals surface area contributed by atoms with Crippen molar-refractivity contribution >= 4 is 17.4 Å². The first kappa shape index (κ1) is 14.8. The molecule has 2 atom stereocenters. The van der Waals surface area contributed by atoms with Crippen molar-refractivity contribution in [2.24, 2.45) is 5.92 Å². The Kier molecular flexibility index (Phi) is 4.45. The van der Waals surface area contributed by atoms with E-state index >= 15 is 0 Å². The van der Waals surface area contributed by atoms with Crippen molar-refractivity contribution in [3.63, 3.8) is 0 Å². The summed E-state index contributed by atoms with van der Waals surface area (Å²) in [6.45, 7) is 1.69. The van der Waals surface area contributed by atoms with Gasteiger partial charge in [-0.2, -0.15) is 0 Å². The zero-order chi connectivity index (χ0) is 14.8. The third kappa shape index (κ3) is 3.55. The molecule has 1 N–H and O–H groups in total. The fraction of sp³-hybridized carbons (Fsp3) is 0.733. The highest BCUT2D eigenvalue weighted by atomic mass is 32.1. The molecule has 2 amide bonds. The number of aromatic nitrogens is 1. The summed E-state index contributed by atoms with van der Waals surface area (Å²) < 4.78 is 0. The monoisotopic (exact) mass is 308 g/mol. The lowest BCUT2D eigenvalue weighted by molar-refractivity contribution is 0.137. The molecule has 1 aliphatic carbocycles. The van der Waals surface area contributed by atoms with Crippen LogP contribution >= 0.6 is 11.3 Å². The van der Waals surface area contributed by atoms with Gasteiger partial charge in [0, 0.05) is 30.7 Å².